The molecule has 2 nitrogen and oxygen atoms in total. The van der Waals surface area contributed by atoms with Crippen LogP contribution in [-0.2, 0) is 13.1 Å². The van der Waals surface area contributed by atoms with Gasteiger partial charge in [-0.2, -0.15) is 0 Å². The lowest BCUT2D eigenvalue weighted by Gasteiger charge is -2.23. The summed E-state index contributed by atoms with van der Waals surface area (Å²) in [6.07, 6.45) is 0. The lowest BCUT2D eigenvalue weighted by Crippen LogP contribution is -2.21. The topological polar surface area (TPSA) is 15.3 Å². The predicted molar refractivity (Wildman–Crippen MR) is 89.6 cm³/mol. The van der Waals surface area contributed by atoms with E-state index in [4.69, 9.17) is 0 Å². The maximum absolute atomic E-state index is 3.39. The molecular weight excluding hydrogens is 264 g/mol. The summed E-state index contributed by atoms with van der Waals surface area (Å²) < 4.78 is 0. The van der Waals surface area contributed by atoms with Crippen LogP contribution in [0, 0.1) is 6.92 Å². The van der Waals surface area contributed by atoms with Gasteiger partial charge in [-0.3, -0.25) is 0 Å². The third kappa shape index (κ3) is 3.84. The molecule has 2 rings (SSSR count). The maximum atomic E-state index is 3.39. The molecule has 0 spiro atoms. The number of thiophene rings is 1. The number of nitrogens with one attached hydrogen (secondary N) is 1. The molecule has 0 aliphatic rings. The summed E-state index contributed by atoms with van der Waals surface area (Å²) in [7, 11) is 0. The summed E-state index contributed by atoms with van der Waals surface area (Å²) in [5, 5.41) is 5.54. The summed E-state index contributed by atoms with van der Waals surface area (Å²) in [6.45, 7) is 10.6. The number of rotatable bonds is 7. The van der Waals surface area contributed by atoms with Crippen molar-refractivity contribution < 1.29 is 0 Å². The lowest BCUT2D eigenvalue weighted by atomic mass is 10.1. The molecule has 3 heteroatoms. The molecule has 0 radical (unpaired) electrons. The van der Waals surface area contributed by atoms with Crippen molar-refractivity contribution in [3.05, 3.63) is 51.7 Å². The molecule has 0 aliphatic carbocycles. The molecule has 0 saturated heterocycles. The van der Waals surface area contributed by atoms with Crippen LogP contribution in [0.4, 0.5) is 5.69 Å². The van der Waals surface area contributed by atoms with Gasteiger partial charge in [-0.05, 0) is 55.1 Å². The van der Waals surface area contributed by atoms with Gasteiger partial charge in [-0.15, -0.1) is 11.3 Å². The molecule has 2 aromatic rings. The van der Waals surface area contributed by atoms with Crippen LogP contribution in [0.2, 0.25) is 0 Å². The average Bonchev–Trinajstić information content (AvgIpc) is 2.96. The molecule has 0 bridgehead atoms. The minimum absolute atomic E-state index is 0.958. The zero-order valence-corrected chi connectivity index (χ0v) is 13.5. The Morgan fingerprint density at radius 2 is 2.05 bits per heavy atom. The van der Waals surface area contributed by atoms with E-state index in [9.17, 15) is 0 Å². The Kier molecular flexibility index (Phi) is 5.62. The monoisotopic (exact) mass is 288 g/mol. The molecule has 1 N–H and O–H groups in total. The van der Waals surface area contributed by atoms with Crippen LogP contribution < -0.4 is 10.2 Å². The van der Waals surface area contributed by atoms with Gasteiger partial charge in [0.1, 0.15) is 0 Å². The Morgan fingerprint density at radius 3 is 2.65 bits per heavy atom. The molecular formula is C17H24N2S. The largest absolute Gasteiger partial charge is 0.367 e. The van der Waals surface area contributed by atoms with Crippen molar-refractivity contribution in [3.8, 4) is 0 Å². The van der Waals surface area contributed by atoms with E-state index >= 15 is 0 Å². The van der Waals surface area contributed by atoms with E-state index in [1.807, 2.05) is 11.3 Å². The molecule has 0 fully saturated rings. The van der Waals surface area contributed by atoms with Gasteiger partial charge in [0.25, 0.3) is 0 Å². The smallest absolute Gasteiger partial charge is 0.0522 e. The van der Waals surface area contributed by atoms with Gasteiger partial charge in [0.05, 0.1) is 6.54 Å². The molecule has 1 aromatic carbocycles. The fraction of sp³-hybridized carbons (Fsp3) is 0.412. The summed E-state index contributed by atoms with van der Waals surface area (Å²) in [4.78, 5) is 3.84. The second-order valence-corrected chi connectivity index (χ2v) is 6.02. The molecule has 0 atom stereocenters. The fourth-order valence-electron chi connectivity index (χ4n) is 2.31. The normalized spacial score (nSPS) is 10.8. The number of hydrogen-bond acceptors (Lipinski definition) is 3. The van der Waals surface area contributed by atoms with Crippen LogP contribution in [0.5, 0.6) is 0 Å². The quantitative estimate of drug-likeness (QED) is 0.821. The second-order valence-electron chi connectivity index (χ2n) is 4.98. The van der Waals surface area contributed by atoms with Crippen molar-refractivity contribution in [3.63, 3.8) is 0 Å². The van der Waals surface area contributed by atoms with E-state index in [1.165, 1.54) is 21.7 Å². The van der Waals surface area contributed by atoms with Crippen LogP contribution in [-0.4, -0.2) is 13.1 Å². The second kappa shape index (κ2) is 7.46. The Morgan fingerprint density at radius 1 is 1.20 bits per heavy atom. The van der Waals surface area contributed by atoms with E-state index in [-0.39, 0.29) is 0 Å². The molecule has 0 unspecified atom stereocenters. The summed E-state index contributed by atoms with van der Waals surface area (Å²) >= 11 is 1.83. The maximum Gasteiger partial charge on any atom is 0.0522 e. The molecule has 20 heavy (non-hydrogen) atoms. The van der Waals surface area contributed by atoms with Crippen LogP contribution in [0.25, 0.3) is 0 Å². The Bertz CT molecular complexity index is 520. The van der Waals surface area contributed by atoms with E-state index in [0.717, 1.165) is 26.2 Å². The van der Waals surface area contributed by atoms with Crippen molar-refractivity contribution in [2.75, 3.05) is 18.0 Å². The van der Waals surface area contributed by atoms with Gasteiger partial charge in [-0.1, -0.05) is 19.1 Å². The van der Waals surface area contributed by atoms with Gasteiger partial charge < -0.3 is 10.2 Å². The van der Waals surface area contributed by atoms with Gasteiger partial charge in [0.2, 0.25) is 0 Å². The van der Waals surface area contributed by atoms with E-state index in [1.54, 1.807) is 0 Å². The first-order valence-electron chi connectivity index (χ1n) is 7.32. The van der Waals surface area contributed by atoms with E-state index in [2.05, 4.69) is 66.7 Å². The van der Waals surface area contributed by atoms with Crippen molar-refractivity contribution >= 4 is 17.0 Å². The summed E-state index contributed by atoms with van der Waals surface area (Å²) in [5.74, 6) is 0. The lowest BCUT2D eigenvalue weighted by molar-refractivity contribution is 0.723. The first-order valence-corrected chi connectivity index (χ1v) is 8.20. The first kappa shape index (κ1) is 15.1. The first-order chi connectivity index (χ1) is 9.74. The average molecular weight is 288 g/mol. The molecule has 0 amide bonds. The SMILES string of the molecule is CCNCc1ccc(N(CC)Cc2cccs2)cc1C. The molecule has 1 aromatic heterocycles. The molecule has 0 saturated carbocycles. The number of aryl methyl sites for hydroxylation is 1. The highest BCUT2D eigenvalue weighted by Crippen LogP contribution is 2.22. The fourth-order valence-corrected chi connectivity index (χ4v) is 3.03. The number of hydrogen-bond donors (Lipinski definition) is 1. The number of benzene rings is 1. The highest BCUT2D eigenvalue weighted by molar-refractivity contribution is 7.09. The number of anilines is 1. The van der Waals surface area contributed by atoms with Gasteiger partial charge in [0, 0.05) is 23.7 Å². The molecule has 108 valence electrons. The van der Waals surface area contributed by atoms with Crippen molar-refractivity contribution in [2.24, 2.45) is 0 Å². The highest BCUT2D eigenvalue weighted by atomic mass is 32.1. The molecule has 1 heterocycles. The van der Waals surface area contributed by atoms with Crippen molar-refractivity contribution in [2.45, 2.75) is 33.9 Å². The van der Waals surface area contributed by atoms with Gasteiger partial charge >= 0.3 is 0 Å². The minimum Gasteiger partial charge on any atom is -0.367 e. The summed E-state index contributed by atoms with van der Waals surface area (Å²) in [6, 6.07) is 11.1. The predicted octanol–water partition coefficient (Wildman–Crippen LogP) is 4.19. The third-order valence-electron chi connectivity index (χ3n) is 3.57. The Hall–Kier alpha value is -1.32. The zero-order chi connectivity index (χ0) is 14.4. The Labute approximate surface area is 126 Å². The zero-order valence-electron chi connectivity index (χ0n) is 12.6. The number of nitrogens with zero attached hydrogens (tertiary/aromatic N) is 1. The summed E-state index contributed by atoms with van der Waals surface area (Å²) in [5.41, 5.74) is 4.08. The van der Waals surface area contributed by atoms with E-state index in [0.29, 0.717) is 0 Å². The van der Waals surface area contributed by atoms with Crippen LogP contribution in [0.1, 0.15) is 29.9 Å². The van der Waals surface area contributed by atoms with Crippen LogP contribution >= 0.6 is 11.3 Å². The highest BCUT2D eigenvalue weighted by Gasteiger charge is 2.08. The van der Waals surface area contributed by atoms with E-state index < -0.39 is 0 Å². The van der Waals surface area contributed by atoms with Crippen LogP contribution in [0.15, 0.2) is 35.7 Å². The third-order valence-corrected chi connectivity index (χ3v) is 4.43. The molecule has 0 aliphatic heterocycles. The van der Waals surface area contributed by atoms with Gasteiger partial charge in [0.15, 0.2) is 0 Å². The van der Waals surface area contributed by atoms with Crippen LogP contribution in [0.3, 0.4) is 0 Å². The van der Waals surface area contributed by atoms with Gasteiger partial charge in [-0.25, -0.2) is 0 Å². The Balaban J connectivity index is 2.11. The van der Waals surface area contributed by atoms with Crippen molar-refractivity contribution in [1.29, 1.82) is 0 Å². The van der Waals surface area contributed by atoms with Crippen molar-refractivity contribution in [1.82, 2.24) is 5.32 Å². The minimum atomic E-state index is 0.958. The standard InChI is InChI=1S/C17H24N2S/c1-4-18-12-15-8-9-16(11-14(15)3)19(5-2)13-17-7-6-10-20-17/h6-11,18H,4-5,12-13H2,1-3H3.